The van der Waals surface area contributed by atoms with Gasteiger partial charge in [-0.25, -0.2) is 0 Å². The van der Waals surface area contributed by atoms with Gasteiger partial charge in [0, 0.05) is 0 Å². The fraction of sp³-hybridized carbons (Fsp3) is 0.956. The van der Waals surface area contributed by atoms with Crippen molar-refractivity contribution in [1.29, 1.82) is 0 Å². The van der Waals surface area contributed by atoms with Crippen molar-refractivity contribution >= 4 is 11.9 Å². The summed E-state index contributed by atoms with van der Waals surface area (Å²) in [6.07, 6.45) is 43.8. The summed E-state index contributed by atoms with van der Waals surface area (Å²) in [5, 5.41) is 0. The zero-order chi connectivity index (χ0) is 36.6. The van der Waals surface area contributed by atoms with Gasteiger partial charge in [0.25, 0.3) is 0 Å². The summed E-state index contributed by atoms with van der Waals surface area (Å²) in [5.41, 5.74) is -1.56. The number of ether oxygens (including phenoxy) is 2. The maximum atomic E-state index is 13.2. The van der Waals surface area contributed by atoms with Crippen molar-refractivity contribution in [3.8, 4) is 0 Å². The third kappa shape index (κ3) is 21.4. The van der Waals surface area contributed by atoms with Gasteiger partial charge in [0.05, 0.1) is 13.2 Å². The van der Waals surface area contributed by atoms with Gasteiger partial charge in [0.2, 0.25) is 0 Å². The molecule has 0 aliphatic carbocycles. The number of unbranched alkanes of at least 4 members (excludes halogenated alkanes) is 30. The van der Waals surface area contributed by atoms with Gasteiger partial charge in [-0.3, -0.25) is 14.5 Å². The zero-order valence-electron chi connectivity index (χ0n) is 34.5. The Bertz CT molecular complexity index is 738. The fourth-order valence-electron chi connectivity index (χ4n) is 7.79. The predicted octanol–water partition coefficient (Wildman–Crippen LogP) is 13.8. The van der Waals surface area contributed by atoms with Crippen LogP contribution < -0.4 is 0 Å². The third-order valence-electron chi connectivity index (χ3n) is 11.9. The van der Waals surface area contributed by atoms with E-state index in [0.717, 1.165) is 25.7 Å². The normalized spacial score (nSPS) is 19.3. The van der Waals surface area contributed by atoms with Crippen LogP contribution in [0.25, 0.3) is 0 Å². The molecule has 1 saturated heterocycles. The van der Waals surface area contributed by atoms with Crippen LogP contribution in [-0.2, 0) is 19.1 Å². The van der Waals surface area contributed by atoms with E-state index < -0.39 is 11.1 Å². The summed E-state index contributed by atoms with van der Waals surface area (Å²) in [5.74, 6) is -0.398. The lowest BCUT2D eigenvalue weighted by atomic mass is 9.98. The Morgan fingerprint density at radius 3 is 0.820 bits per heavy atom. The SMILES string of the molecule is CCCCCCCCCCCCCCCCCCOC(=O)C1(C)CCC(C)(C(=O)OCCCCCCCCCCCCCCCCCC)N1C. The minimum atomic E-state index is -0.781. The molecule has 5 nitrogen and oxygen atoms in total. The molecule has 1 aliphatic rings. The molecule has 0 bridgehead atoms. The van der Waals surface area contributed by atoms with Gasteiger partial charge in [-0.05, 0) is 46.6 Å². The van der Waals surface area contributed by atoms with E-state index in [-0.39, 0.29) is 11.9 Å². The largest absolute Gasteiger partial charge is 0.464 e. The Morgan fingerprint density at radius 1 is 0.400 bits per heavy atom. The molecule has 0 N–H and O–H groups in total. The first-order valence-electron chi connectivity index (χ1n) is 22.4. The van der Waals surface area contributed by atoms with Gasteiger partial charge in [0.15, 0.2) is 0 Å². The molecule has 0 saturated carbocycles. The van der Waals surface area contributed by atoms with E-state index in [1.165, 1.54) is 180 Å². The molecule has 296 valence electrons. The summed E-state index contributed by atoms with van der Waals surface area (Å²) in [6, 6.07) is 0. The Labute approximate surface area is 312 Å². The van der Waals surface area contributed by atoms with Crippen molar-refractivity contribution < 1.29 is 19.1 Å². The number of likely N-dealkylation sites (tertiary alicyclic amines) is 1. The van der Waals surface area contributed by atoms with Gasteiger partial charge < -0.3 is 9.47 Å². The van der Waals surface area contributed by atoms with Crippen LogP contribution in [-0.4, -0.2) is 48.2 Å². The molecule has 5 heteroatoms. The second-order valence-corrected chi connectivity index (χ2v) is 16.5. The smallest absolute Gasteiger partial charge is 0.326 e. The molecule has 0 spiro atoms. The Morgan fingerprint density at radius 2 is 0.600 bits per heavy atom. The van der Waals surface area contributed by atoms with E-state index in [0.29, 0.717) is 26.1 Å². The summed E-state index contributed by atoms with van der Waals surface area (Å²) in [4.78, 5) is 28.2. The lowest BCUT2D eigenvalue weighted by molar-refractivity contribution is -0.164. The highest BCUT2D eigenvalue weighted by molar-refractivity contribution is 5.86. The lowest BCUT2D eigenvalue weighted by Gasteiger charge is -2.37. The second kappa shape index (κ2) is 31.4. The first-order valence-corrected chi connectivity index (χ1v) is 22.4. The molecule has 1 fully saturated rings. The van der Waals surface area contributed by atoms with Crippen molar-refractivity contribution in [3.63, 3.8) is 0 Å². The van der Waals surface area contributed by atoms with Crippen LogP contribution in [0.5, 0.6) is 0 Å². The van der Waals surface area contributed by atoms with E-state index in [1.54, 1.807) is 0 Å². The van der Waals surface area contributed by atoms with Crippen molar-refractivity contribution in [2.45, 2.75) is 257 Å². The molecule has 0 radical (unpaired) electrons. The van der Waals surface area contributed by atoms with Gasteiger partial charge in [-0.2, -0.15) is 0 Å². The Hall–Kier alpha value is -1.10. The molecule has 1 heterocycles. The first-order chi connectivity index (χ1) is 24.3. The van der Waals surface area contributed by atoms with Crippen LogP contribution in [0, 0.1) is 0 Å². The predicted molar refractivity (Wildman–Crippen MR) is 215 cm³/mol. The van der Waals surface area contributed by atoms with Gasteiger partial charge >= 0.3 is 11.9 Å². The molecular formula is C45H87NO4. The number of hydrogen-bond donors (Lipinski definition) is 0. The molecule has 50 heavy (non-hydrogen) atoms. The molecule has 0 aromatic heterocycles. The topological polar surface area (TPSA) is 55.8 Å². The van der Waals surface area contributed by atoms with Crippen molar-refractivity contribution in [3.05, 3.63) is 0 Å². The Balaban J connectivity index is 2.02. The van der Waals surface area contributed by atoms with Crippen molar-refractivity contribution in [2.75, 3.05) is 20.3 Å². The lowest BCUT2D eigenvalue weighted by Crippen LogP contribution is -2.57. The van der Waals surface area contributed by atoms with E-state index in [4.69, 9.17) is 9.47 Å². The molecule has 1 aliphatic heterocycles. The number of carbonyl (C=O) groups excluding carboxylic acids is 2. The summed E-state index contributed by atoms with van der Waals surface area (Å²) in [7, 11) is 1.89. The van der Waals surface area contributed by atoms with Crippen LogP contribution in [0.15, 0.2) is 0 Å². The number of nitrogens with zero attached hydrogens (tertiary/aromatic N) is 1. The van der Waals surface area contributed by atoms with Crippen LogP contribution >= 0.6 is 0 Å². The number of rotatable bonds is 36. The molecule has 0 amide bonds. The van der Waals surface area contributed by atoms with Gasteiger partial charge in [-0.1, -0.05) is 206 Å². The average molecular weight is 706 g/mol. The highest BCUT2D eigenvalue weighted by Crippen LogP contribution is 2.41. The van der Waals surface area contributed by atoms with Crippen LogP contribution in [0.1, 0.15) is 246 Å². The number of esters is 2. The molecule has 0 aromatic rings. The average Bonchev–Trinajstić information content (AvgIpc) is 3.36. The summed E-state index contributed by atoms with van der Waals surface area (Å²) >= 11 is 0. The Kier molecular flexibility index (Phi) is 29.5. The molecule has 0 aromatic carbocycles. The fourth-order valence-corrected chi connectivity index (χ4v) is 7.79. The van der Waals surface area contributed by atoms with Crippen LogP contribution in [0.3, 0.4) is 0 Å². The second-order valence-electron chi connectivity index (χ2n) is 16.5. The van der Waals surface area contributed by atoms with Crippen LogP contribution in [0.2, 0.25) is 0 Å². The maximum absolute atomic E-state index is 13.2. The van der Waals surface area contributed by atoms with Gasteiger partial charge in [0.1, 0.15) is 11.1 Å². The number of likely N-dealkylation sites (N-methyl/N-ethyl adjacent to an activating group) is 1. The summed E-state index contributed by atoms with van der Waals surface area (Å²) < 4.78 is 11.5. The molecular weight excluding hydrogens is 618 g/mol. The zero-order valence-corrected chi connectivity index (χ0v) is 34.5. The first kappa shape index (κ1) is 46.9. The summed E-state index contributed by atoms with van der Waals surface area (Å²) in [6.45, 7) is 9.37. The number of carbonyl (C=O) groups is 2. The maximum Gasteiger partial charge on any atom is 0.326 e. The molecule has 2 unspecified atom stereocenters. The molecule has 2 atom stereocenters. The standard InChI is InChI=1S/C45H87NO4/c1-6-8-10-12-14-16-18-20-22-24-26-28-30-32-34-36-40-49-42(47)44(3)38-39-45(4,46(44)5)43(48)50-41-37-35-33-31-29-27-25-23-21-19-17-15-13-11-9-7-2/h6-41H2,1-5H3. The van der Waals surface area contributed by atoms with E-state index in [2.05, 4.69) is 13.8 Å². The van der Waals surface area contributed by atoms with Crippen LogP contribution in [0.4, 0.5) is 0 Å². The minimum absolute atomic E-state index is 0.199. The van der Waals surface area contributed by atoms with Gasteiger partial charge in [-0.15, -0.1) is 0 Å². The highest BCUT2D eigenvalue weighted by Gasteiger charge is 2.57. The van der Waals surface area contributed by atoms with Crippen molar-refractivity contribution in [1.82, 2.24) is 4.90 Å². The highest BCUT2D eigenvalue weighted by atomic mass is 16.5. The monoisotopic (exact) mass is 706 g/mol. The third-order valence-corrected chi connectivity index (χ3v) is 11.9. The quantitative estimate of drug-likeness (QED) is 0.0480. The van der Waals surface area contributed by atoms with E-state index in [9.17, 15) is 9.59 Å². The minimum Gasteiger partial charge on any atom is -0.464 e. The van der Waals surface area contributed by atoms with E-state index >= 15 is 0 Å². The van der Waals surface area contributed by atoms with Crippen molar-refractivity contribution in [2.24, 2.45) is 0 Å². The molecule has 1 rings (SSSR count). The number of hydrogen-bond acceptors (Lipinski definition) is 5. The van der Waals surface area contributed by atoms with E-state index in [1.807, 2.05) is 25.8 Å².